The van der Waals surface area contributed by atoms with Gasteiger partial charge in [-0.25, -0.2) is 4.79 Å². The molecule has 1 heterocycles. The van der Waals surface area contributed by atoms with Gasteiger partial charge < -0.3 is 10.0 Å². The van der Waals surface area contributed by atoms with Crippen molar-refractivity contribution in [3.8, 4) is 10.4 Å². The van der Waals surface area contributed by atoms with E-state index in [1.165, 1.54) is 23.3 Å². The van der Waals surface area contributed by atoms with Gasteiger partial charge in [-0.1, -0.05) is 18.2 Å². The Labute approximate surface area is 114 Å². The molecule has 0 radical (unpaired) electrons. The molecule has 0 unspecified atom stereocenters. The first-order valence-electron chi connectivity index (χ1n) is 5.68. The zero-order valence-electron chi connectivity index (χ0n) is 10.4. The average molecular weight is 275 g/mol. The summed E-state index contributed by atoms with van der Waals surface area (Å²) < 4.78 is 0. The van der Waals surface area contributed by atoms with Crippen molar-refractivity contribution >= 4 is 23.7 Å². The minimum Gasteiger partial charge on any atom is -0.465 e. The third-order valence-electron chi connectivity index (χ3n) is 2.70. The van der Waals surface area contributed by atoms with Gasteiger partial charge in [0.05, 0.1) is 4.88 Å². The molecule has 1 aromatic carbocycles. The van der Waals surface area contributed by atoms with Gasteiger partial charge in [0.25, 0.3) is 0 Å². The van der Waals surface area contributed by atoms with Crippen LogP contribution in [0, 0.1) is 0 Å². The first-order chi connectivity index (χ1) is 9.10. The van der Waals surface area contributed by atoms with Gasteiger partial charge in [-0.15, -0.1) is 11.3 Å². The number of rotatable bonds is 4. The smallest absolute Gasteiger partial charge is 0.407 e. The van der Waals surface area contributed by atoms with E-state index in [9.17, 15) is 9.59 Å². The lowest BCUT2D eigenvalue weighted by Crippen LogP contribution is -2.23. The van der Waals surface area contributed by atoms with Gasteiger partial charge in [0.15, 0.2) is 6.29 Å². The maximum atomic E-state index is 10.8. The number of carbonyl (C=O) groups excluding carboxylic acids is 1. The summed E-state index contributed by atoms with van der Waals surface area (Å²) in [6.45, 7) is 0.342. The van der Waals surface area contributed by atoms with E-state index in [0.717, 1.165) is 22.3 Å². The summed E-state index contributed by atoms with van der Waals surface area (Å²) in [6, 6.07) is 11.3. The van der Waals surface area contributed by atoms with Crippen LogP contribution in [0.5, 0.6) is 0 Å². The minimum atomic E-state index is -0.954. The Morgan fingerprint density at radius 3 is 2.79 bits per heavy atom. The van der Waals surface area contributed by atoms with Crippen LogP contribution in [0.15, 0.2) is 36.4 Å². The summed E-state index contributed by atoms with van der Waals surface area (Å²) in [6.07, 6.45) is -0.124. The predicted molar refractivity (Wildman–Crippen MR) is 74.6 cm³/mol. The highest BCUT2D eigenvalue weighted by Gasteiger charge is 2.08. The molecular formula is C14H13NO3S. The highest BCUT2D eigenvalue weighted by Crippen LogP contribution is 2.28. The van der Waals surface area contributed by atoms with E-state index < -0.39 is 6.09 Å². The van der Waals surface area contributed by atoms with Crippen molar-refractivity contribution < 1.29 is 14.7 Å². The SMILES string of the molecule is CN(Cc1cccc(-c2ccc(C=O)s2)c1)C(=O)O. The van der Waals surface area contributed by atoms with Crippen LogP contribution in [0.25, 0.3) is 10.4 Å². The molecule has 0 aliphatic carbocycles. The van der Waals surface area contributed by atoms with E-state index in [2.05, 4.69) is 0 Å². The van der Waals surface area contributed by atoms with Crippen molar-refractivity contribution in [2.45, 2.75) is 6.54 Å². The van der Waals surface area contributed by atoms with Crippen molar-refractivity contribution in [1.29, 1.82) is 0 Å². The van der Waals surface area contributed by atoms with Crippen molar-refractivity contribution in [2.24, 2.45) is 0 Å². The molecule has 5 heteroatoms. The number of hydrogen-bond acceptors (Lipinski definition) is 3. The number of hydrogen-bond donors (Lipinski definition) is 1. The molecule has 0 aliphatic rings. The van der Waals surface area contributed by atoms with Gasteiger partial charge >= 0.3 is 6.09 Å². The second-order valence-corrected chi connectivity index (χ2v) is 5.27. The number of thiophene rings is 1. The van der Waals surface area contributed by atoms with E-state index in [0.29, 0.717) is 11.4 Å². The molecule has 19 heavy (non-hydrogen) atoms. The van der Waals surface area contributed by atoms with E-state index in [4.69, 9.17) is 5.11 Å². The van der Waals surface area contributed by atoms with Crippen LogP contribution in [0.4, 0.5) is 4.79 Å². The Bertz CT molecular complexity index is 606. The average Bonchev–Trinajstić information content (AvgIpc) is 2.87. The molecule has 0 saturated carbocycles. The predicted octanol–water partition coefficient (Wildman–Crippen LogP) is 3.34. The van der Waals surface area contributed by atoms with Gasteiger partial charge in [0.2, 0.25) is 0 Å². The van der Waals surface area contributed by atoms with Crippen LogP contribution in [0.1, 0.15) is 15.2 Å². The molecule has 0 saturated heterocycles. The van der Waals surface area contributed by atoms with Crippen LogP contribution in [0.2, 0.25) is 0 Å². The second-order valence-electron chi connectivity index (χ2n) is 4.16. The fraction of sp³-hybridized carbons (Fsp3) is 0.143. The van der Waals surface area contributed by atoms with E-state index >= 15 is 0 Å². The van der Waals surface area contributed by atoms with Crippen LogP contribution in [-0.4, -0.2) is 29.4 Å². The largest absolute Gasteiger partial charge is 0.465 e. The monoisotopic (exact) mass is 275 g/mol. The Hall–Kier alpha value is -2.14. The fourth-order valence-electron chi connectivity index (χ4n) is 1.74. The van der Waals surface area contributed by atoms with Crippen LogP contribution in [-0.2, 0) is 6.54 Å². The van der Waals surface area contributed by atoms with Crippen molar-refractivity contribution in [3.63, 3.8) is 0 Å². The summed E-state index contributed by atoms with van der Waals surface area (Å²) in [5.74, 6) is 0. The summed E-state index contributed by atoms with van der Waals surface area (Å²) in [7, 11) is 1.53. The lowest BCUT2D eigenvalue weighted by atomic mass is 10.1. The highest BCUT2D eigenvalue weighted by molar-refractivity contribution is 7.17. The Kier molecular flexibility index (Phi) is 3.97. The molecule has 2 aromatic rings. The lowest BCUT2D eigenvalue weighted by Gasteiger charge is -2.13. The molecular weight excluding hydrogens is 262 g/mol. The Balaban J connectivity index is 2.23. The first-order valence-corrected chi connectivity index (χ1v) is 6.50. The third-order valence-corrected chi connectivity index (χ3v) is 3.76. The topological polar surface area (TPSA) is 57.6 Å². The van der Waals surface area contributed by atoms with Crippen LogP contribution < -0.4 is 0 Å². The normalized spacial score (nSPS) is 10.2. The quantitative estimate of drug-likeness (QED) is 0.871. The summed E-state index contributed by atoms with van der Waals surface area (Å²) in [5.41, 5.74) is 1.91. The number of carboxylic acid groups (broad SMARTS) is 1. The number of nitrogens with zero attached hydrogens (tertiary/aromatic N) is 1. The van der Waals surface area contributed by atoms with E-state index in [1.807, 2.05) is 30.3 Å². The van der Waals surface area contributed by atoms with Gasteiger partial charge in [-0.2, -0.15) is 0 Å². The molecule has 98 valence electrons. The second kappa shape index (κ2) is 5.67. The summed E-state index contributed by atoms with van der Waals surface area (Å²) in [4.78, 5) is 24.4. The number of aldehydes is 1. The highest BCUT2D eigenvalue weighted by atomic mass is 32.1. The third kappa shape index (κ3) is 3.20. The van der Waals surface area contributed by atoms with Gasteiger partial charge in [-0.3, -0.25) is 4.79 Å². The molecule has 2 rings (SSSR count). The molecule has 1 N–H and O–H groups in total. The van der Waals surface area contributed by atoms with E-state index in [1.54, 1.807) is 6.07 Å². The fourth-order valence-corrected chi connectivity index (χ4v) is 2.55. The molecule has 0 atom stereocenters. The molecule has 4 nitrogen and oxygen atoms in total. The van der Waals surface area contributed by atoms with Crippen LogP contribution in [0.3, 0.4) is 0 Å². The summed E-state index contributed by atoms with van der Waals surface area (Å²) >= 11 is 1.42. The maximum Gasteiger partial charge on any atom is 0.407 e. The lowest BCUT2D eigenvalue weighted by molar-refractivity contribution is 0.112. The molecule has 0 spiro atoms. The number of carbonyl (C=O) groups is 2. The van der Waals surface area contributed by atoms with E-state index in [-0.39, 0.29) is 0 Å². The molecule has 0 aliphatic heterocycles. The molecule has 1 amide bonds. The van der Waals surface area contributed by atoms with Crippen LogP contribution >= 0.6 is 11.3 Å². The van der Waals surface area contributed by atoms with Crippen molar-refractivity contribution in [1.82, 2.24) is 4.90 Å². The minimum absolute atomic E-state index is 0.342. The zero-order valence-corrected chi connectivity index (χ0v) is 11.2. The number of benzene rings is 1. The number of amides is 1. The molecule has 0 fully saturated rings. The van der Waals surface area contributed by atoms with Crippen molar-refractivity contribution in [3.05, 3.63) is 46.8 Å². The summed E-state index contributed by atoms with van der Waals surface area (Å²) in [5, 5.41) is 8.85. The Morgan fingerprint density at radius 1 is 1.37 bits per heavy atom. The van der Waals surface area contributed by atoms with Gasteiger partial charge in [0.1, 0.15) is 0 Å². The Morgan fingerprint density at radius 2 is 2.16 bits per heavy atom. The van der Waals surface area contributed by atoms with Crippen molar-refractivity contribution in [2.75, 3.05) is 7.05 Å². The molecule has 1 aromatic heterocycles. The van der Waals surface area contributed by atoms with Gasteiger partial charge in [0, 0.05) is 18.5 Å². The molecule has 0 bridgehead atoms. The van der Waals surface area contributed by atoms with Gasteiger partial charge in [-0.05, 0) is 29.3 Å². The zero-order chi connectivity index (χ0) is 13.8. The maximum absolute atomic E-state index is 10.8. The standard InChI is InChI=1S/C14H13NO3S/c1-15(14(17)18)8-10-3-2-4-11(7-10)13-6-5-12(9-16)19-13/h2-7,9H,8H2,1H3,(H,17,18). The first kappa shape index (κ1) is 13.3.